The summed E-state index contributed by atoms with van der Waals surface area (Å²) in [5.74, 6) is -0.770. The molecule has 0 atom stereocenters. The lowest BCUT2D eigenvalue weighted by Crippen LogP contribution is -2.35. The molecule has 1 aromatic rings. The molecule has 134 valence electrons. The molecule has 0 aromatic heterocycles. The average molecular weight is 333 g/mol. The van der Waals surface area contributed by atoms with Gasteiger partial charge < -0.3 is 14.8 Å². The summed E-state index contributed by atoms with van der Waals surface area (Å²) in [7, 11) is 0. The van der Waals surface area contributed by atoms with E-state index in [1.807, 2.05) is 30.3 Å². The van der Waals surface area contributed by atoms with Crippen LogP contribution < -0.4 is 5.32 Å². The number of para-hydroxylation sites is 1. The maximum absolute atomic E-state index is 12.3. The molecule has 1 aliphatic heterocycles. The van der Waals surface area contributed by atoms with Crippen molar-refractivity contribution in [2.24, 2.45) is 0 Å². The van der Waals surface area contributed by atoms with Gasteiger partial charge in [-0.2, -0.15) is 0 Å². The predicted octanol–water partition coefficient (Wildman–Crippen LogP) is 4.90. The van der Waals surface area contributed by atoms with E-state index in [0.29, 0.717) is 13.2 Å². The molecule has 0 aliphatic carbocycles. The molecule has 0 radical (unpaired) electrons. The topological polar surface area (TPSA) is 47.6 Å². The van der Waals surface area contributed by atoms with Gasteiger partial charge in [0, 0.05) is 12.1 Å². The highest BCUT2D eigenvalue weighted by Gasteiger charge is 2.38. The minimum absolute atomic E-state index is 0.0500. The Morgan fingerprint density at radius 1 is 1.00 bits per heavy atom. The van der Waals surface area contributed by atoms with Crippen LogP contribution in [0.15, 0.2) is 30.3 Å². The number of carbonyl (C=O) groups is 1. The van der Waals surface area contributed by atoms with E-state index in [4.69, 9.17) is 9.47 Å². The monoisotopic (exact) mass is 333 g/mol. The van der Waals surface area contributed by atoms with E-state index in [1.54, 1.807) is 0 Å². The lowest BCUT2D eigenvalue weighted by atomic mass is 10.0. The van der Waals surface area contributed by atoms with Crippen molar-refractivity contribution in [2.75, 3.05) is 18.5 Å². The Bertz CT molecular complexity index is 469. The lowest BCUT2D eigenvalue weighted by Gasteiger charge is -2.27. The van der Waals surface area contributed by atoms with Gasteiger partial charge >= 0.3 is 0 Å². The summed E-state index contributed by atoms with van der Waals surface area (Å²) in [5.41, 5.74) is 0.812. The van der Waals surface area contributed by atoms with Gasteiger partial charge in [0.2, 0.25) is 5.91 Å². The molecule has 0 bridgehead atoms. The van der Waals surface area contributed by atoms with Crippen LogP contribution in [0.2, 0.25) is 0 Å². The molecule has 1 aromatic carbocycles. The summed E-state index contributed by atoms with van der Waals surface area (Å²) in [4.78, 5) is 12.3. The maximum atomic E-state index is 12.3. The van der Waals surface area contributed by atoms with Gasteiger partial charge in [0.1, 0.15) is 0 Å². The highest BCUT2D eigenvalue weighted by atomic mass is 16.7. The fourth-order valence-electron chi connectivity index (χ4n) is 3.15. The predicted molar refractivity (Wildman–Crippen MR) is 96.9 cm³/mol. The third kappa shape index (κ3) is 6.62. The van der Waals surface area contributed by atoms with Crippen molar-refractivity contribution < 1.29 is 14.3 Å². The van der Waals surface area contributed by atoms with Gasteiger partial charge in [-0.1, -0.05) is 63.6 Å². The number of anilines is 1. The van der Waals surface area contributed by atoms with E-state index >= 15 is 0 Å². The Labute approximate surface area is 145 Å². The number of benzene rings is 1. The number of unbranched alkanes of at least 4 members (excludes halogenated alkanes) is 6. The van der Waals surface area contributed by atoms with Crippen LogP contribution in [0, 0.1) is 0 Å². The van der Waals surface area contributed by atoms with Gasteiger partial charge in [0.05, 0.1) is 19.6 Å². The third-order valence-electron chi connectivity index (χ3n) is 4.46. The van der Waals surface area contributed by atoms with Crippen LogP contribution in [0.4, 0.5) is 5.69 Å². The van der Waals surface area contributed by atoms with Crippen LogP contribution >= 0.6 is 0 Å². The normalized spacial score (nSPS) is 16.2. The van der Waals surface area contributed by atoms with Gasteiger partial charge in [-0.05, 0) is 18.6 Å². The Morgan fingerprint density at radius 3 is 2.29 bits per heavy atom. The van der Waals surface area contributed by atoms with Gasteiger partial charge in [-0.3, -0.25) is 4.79 Å². The van der Waals surface area contributed by atoms with Gasteiger partial charge in [-0.25, -0.2) is 0 Å². The van der Waals surface area contributed by atoms with Crippen LogP contribution in [0.1, 0.15) is 64.7 Å². The molecule has 1 heterocycles. The number of amides is 1. The minimum atomic E-state index is -0.720. The van der Waals surface area contributed by atoms with Crippen LogP contribution in [0.3, 0.4) is 0 Å². The summed E-state index contributed by atoms with van der Waals surface area (Å²) in [5, 5.41) is 2.92. The molecular formula is C20H31NO3. The first kappa shape index (κ1) is 18.9. The van der Waals surface area contributed by atoms with Crippen molar-refractivity contribution in [3.05, 3.63) is 30.3 Å². The molecule has 0 spiro atoms. The molecule has 1 aliphatic rings. The van der Waals surface area contributed by atoms with Crippen molar-refractivity contribution >= 4 is 11.6 Å². The molecular weight excluding hydrogens is 302 g/mol. The van der Waals surface area contributed by atoms with E-state index in [0.717, 1.165) is 18.5 Å². The summed E-state index contributed by atoms with van der Waals surface area (Å²) in [6, 6.07) is 9.52. The first-order valence-corrected chi connectivity index (χ1v) is 9.37. The number of rotatable bonds is 11. The maximum Gasteiger partial charge on any atom is 0.229 e. The van der Waals surface area contributed by atoms with E-state index in [1.165, 1.54) is 38.5 Å². The highest BCUT2D eigenvalue weighted by Crippen LogP contribution is 2.30. The zero-order chi connectivity index (χ0) is 17.1. The Kier molecular flexibility index (Phi) is 8.26. The Hall–Kier alpha value is -1.39. The average Bonchev–Trinajstić information content (AvgIpc) is 3.03. The molecule has 0 saturated carbocycles. The summed E-state index contributed by atoms with van der Waals surface area (Å²) in [6.07, 6.45) is 9.78. The molecule has 2 rings (SSSR count). The summed E-state index contributed by atoms with van der Waals surface area (Å²) in [6.45, 7) is 3.39. The van der Waals surface area contributed by atoms with Gasteiger partial charge in [-0.15, -0.1) is 0 Å². The molecule has 0 unspecified atom stereocenters. The smallest absolute Gasteiger partial charge is 0.229 e. The quantitative estimate of drug-likeness (QED) is 0.586. The number of carbonyl (C=O) groups excluding carboxylic acids is 1. The highest BCUT2D eigenvalue weighted by molar-refractivity contribution is 5.91. The largest absolute Gasteiger partial charge is 0.347 e. The van der Waals surface area contributed by atoms with E-state index in [2.05, 4.69) is 12.2 Å². The first-order valence-electron chi connectivity index (χ1n) is 9.37. The van der Waals surface area contributed by atoms with Crippen molar-refractivity contribution in [2.45, 2.75) is 70.5 Å². The Morgan fingerprint density at radius 2 is 1.62 bits per heavy atom. The molecule has 1 saturated heterocycles. The molecule has 24 heavy (non-hydrogen) atoms. The van der Waals surface area contributed by atoms with Crippen molar-refractivity contribution in [3.63, 3.8) is 0 Å². The second-order valence-electron chi connectivity index (χ2n) is 6.57. The standard InChI is InChI=1S/C20H31NO3/c1-2-3-4-5-6-7-11-14-20(23-15-16-24-20)17-19(22)21-18-12-9-8-10-13-18/h8-10,12-13H,2-7,11,14-17H2,1H3,(H,21,22). The van der Waals surface area contributed by atoms with Crippen molar-refractivity contribution in [1.82, 2.24) is 0 Å². The SMILES string of the molecule is CCCCCCCCCC1(CC(=O)Nc2ccccc2)OCCO1. The third-order valence-corrected chi connectivity index (χ3v) is 4.46. The van der Waals surface area contributed by atoms with E-state index in [-0.39, 0.29) is 12.3 Å². The molecule has 4 nitrogen and oxygen atoms in total. The second kappa shape index (κ2) is 10.5. The van der Waals surface area contributed by atoms with Crippen LogP contribution in [0.5, 0.6) is 0 Å². The van der Waals surface area contributed by atoms with E-state index in [9.17, 15) is 4.79 Å². The molecule has 4 heteroatoms. The van der Waals surface area contributed by atoms with Crippen molar-refractivity contribution in [3.8, 4) is 0 Å². The summed E-state index contributed by atoms with van der Waals surface area (Å²) >= 11 is 0. The Balaban J connectivity index is 1.72. The van der Waals surface area contributed by atoms with Crippen LogP contribution in [-0.2, 0) is 14.3 Å². The molecule has 1 amide bonds. The lowest BCUT2D eigenvalue weighted by molar-refractivity contribution is -0.172. The molecule has 1 fully saturated rings. The zero-order valence-electron chi connectivity index (χ0n) is 14.9. The number of ether oxygens (including phenoxy) is 2. The van der Waals surface area contributed by atoms with Crippen molar-refractivity contribution in [1.29, 1.82) is 0 Å². The van der Waals surface area contributed by atoms with Gasteiger partial charge in [0.25, 0.3) is 0 Å². The van der Waals surface area contributed by atoms with Crippen LogP contribution in [0.25, 0.3) is 0 Å². The van der Waals surface area contributed by atoms with Gasteiger partial charge in [0.15, 0.2) is 5.79 Å². The summed E-state index contributed by atoms with van der Waals surface area (Å²) < 4.78 is 11.6. The first-order chi connectivity index (χ1) is 11.7. The second-order valence-corrected chi connectivity index (χ2v) is 6.57. The number of nitrogens with one attached hydrogen (secondary N) is 1. The minimum Gasteiger partial charge on any atom is -0.347 e. The van der Waals surface area contributed by atoms with Crippen LogP contribution in [-0.4, -0.2) is 24.9 Å². The fraction of sp³-hybridized carbons (Fsp3) is 0.650. The fourth-order valence-corrected chi connectivity index (χ4v) is 3.15. The van der Waals surface area contributed by atoms with E-state index < -0.39 is 5.79 Å². The molecule has 1 N–H and O–H groups in total. The zero-order valence-corrected chi connectivity index (χ0v) is 14.9. The number of hydrogen-bond donors (Lipinski definition) is 1. The number of hydrogen-bond acceptors (Lipinski definition) is 3.